The van der Waals surface area contributed by atoms with Crippen LogP contribution in [0.1, 0.15) is 27.9 Å². The topological polar surface area (TPSA) is 104 Å². The molecule has 0 aliphatic rings. The van der Waals surface area contributed by atoms with Crippen molar-refractivity contribution in [1.82, 2.24) is 15.3 Å². The number of aromatic carboxylic acids is 1. The number of carbonyl (C=O) groups is 2. The zero-order valence-corrected chi connectivity index (χ0v) is 9.69. The Labute approximate surface area is 98.2 Å². The predicted molar refractivity (Wildman–Crippen MR) is 58.9 cm³/mol. The van der Waals surface area contributed by atoms with E-state index in [4.69, 9.17) is 9.84 Å². The third kappa shape index (κ3) is 3.56. The maximum absolute atomic E-state index is 11.6. The number of rotatable bonds is 6. The molecule has 17 heavy (non-hydrogen) atoms. The number of aromatic amines is 1. The highest BCUT2D eigenvalue weighted by Crippen LogP contribution is 2.03. The lowest BCUT2D eigenvalue weighted by molar-refractivity contribution is 0.0684. The van der Waals surface area contributed by atoms with E-state index in [0.717, 1.165) is 0 Å². The van der Waals surface area contributed by atoms with Gasteiger partial charge in [-0.2, -0.15) is 0 Å². The van der Waals surface area contributed by atoms with E-state index in [1.54, 1.807) is 7.11 Å². The van der Waals surface area contributed by atoms with E-state index in [0.29, 0.717) is 13.2 Å². The molecule has 1 amide bonds. The smallest absolute Gasteiger partial charge is 0.354 e. The van der Waals surface area contributed by atoms with Crippen molar-refractivity contribution in [2.45, 2.75) is 6.92 Å². The molecular formula is C10H15N3O4. The Balaban J connectivity index is 2.58. The van der Waals surface area contributed by atoms with E-state index in [9.17, 15) is 9.59 Å². The van der Waals surface area contributed by atoms with Gasteiger partial charge in [0.2, 0.25) is 0 Å². The minimum atomic E-state index is -1.21. The molecule has 0 aromatic carbocycles. The molecule has 1 heterocycles. The van der Waals surface area contributed by atoms with Gasteiger partial charge in [0.05, 0.1) is 12.9 Å². The minimum absolute atomic E-state index is 0.109. The van der Waals surface area contributed by atoms with Crippen molar-refractivity contribution in [3.63, 3.8) is 0 Å². The van der Waals surface area contributed by atoms with Gasteiger partial charge >= 0.3 is 5.97 Å². The van der Waals surface area contributed by atoms with Crippen LogP contribution < -0.4 is 5.32 Å². The molecule has 1 atom stereocenters. The molecule has 0 aliphatic heterocycles. The van der Waals surface area contributed by atoms with E-state index < -0.39 is 11.9 Å². The highest BCUT2D eigenvalue weighted by molar-refractivity contribution is 6.02. The summed E-state index contributed by atoms with van der Waals surface area (Å²) in [5.41, 5.74) is -0.316. The third-order valence-corrected chi connectivity index (χ3v) is 2.13. The molecule has 0 bridgehead atoms. The molecule has 1 aromatic rings. The van der Waals surface area contributed by atoms with Crippen molar-refractivity contribution < 1.29 is 19.4 Å². The monoisotopic (exact) mass is 241 g/mol. The number of H-pyrrole nitrogens is 1. The number of ether oxygens (including phenoxy) is 1. The molecular weight excluding hydrogens is 226 g/mol. The summed E-state index contributed by atoms with van der Waals surface area (Å²) in [6.45, 7) is 2.83. The number of amides is 1. The maximum atomic E-state index is 11.6. The average Bonchev–Trinajstić information content (AvgIpc) is 2.75. The van der Waals surface area contributed by atoms with Gasteiger partial charge < -0.3 is 20.1 Å². The van der Waals surface area contributed by atoms with Crippen molar-refractivity contribution in [1.29, 1.82) is 0 Å². The second-order valence-corrected chi connectivity index (χ2v) is 3.70. The fraction of sp³-hybridized carbons (Fsp3) is 0.500. The van der Waals surface area contributed by atoms with E-state index in [-0.39, 0.29) is 17.3 Å². The summed E-state index contributed by atoms with van der Waals surface area (Å²) in [7, 11) is 1.58. The standard InChI is InChI=1S/C10H15N3O4/c1-6(4-17-2)3-11-9(14)7-8(10(15)16)13-5-12-7/h5-6H,3-4H2,1-2H3,(H,11,14)(H,12,13)(H,15,16). The van der Waals surface area contributed by atoms with Crippen molar-refractivity contribution in [3.05, 3.63) is 17.7 Å². The summed E-state index contributed by atoms with van der Waals surface area (Å²) in [6.07, 6.45) is 1.18. The Morgan fingerprint density at radius 1 is 1.65 bits per heavy atom. The van der Waals surface area contributed by atoms with Gasteiger partial charge in [0.15, 0.2) is 11.4 Å². The number of nitrogens with zero attached hydrogens (tertiary/aromatic N) is 1. The number of imidazole rings is 1. The lowest BCUT2D eigenvalue weighted by Gasteiger charge is -2.10. The highest BCUT2D eigenvalue weighted by Gasteiger charge is 2.19. The number of hydrogen-bond acceptors (Lipinski definition) is 4. The van der Waals surface area contributed by atoms with Crippen molar-refractivity contribution in [2.75, 3.05) is 20.3 Å². The fourth-order valence-electron chi connectivity index (χ4n) is 1.32. The van der Waals surface area contributed by atoms with Crippen LogP contribution in [0.15, 0.2) is 6.33 Å². The molecule has 0 spiro atoms. The number of carboxylic acids is 1. The van der Waals surface area contributed by atoms with E-state index in [2.05, 4.69) is 15.3 Å². The molecule has 94 valence electrons. The molecule has 0 aliphatic carbocycles. The Morgan fingerprint density at radius 3 is 2.94 bits per heavy atom. The van der Waals surface area contributed by atoms with Crippen molar-refractivity contribution in [3.8, 4) is 0 Å². The van der Waals surface area contributed by atoms with Gasteiger partial charge in [0.1, 0.15) is 0 Å². The van der Waals surface area contributed by atoms with Crippen LogP contribution >= 0.6 is 0 Å². The maximum Gasteiger partial charge on any atom is 0.354 e. The molecule has 7 heteroatoms. The van der Waals surface area contributed by atoms with Crippen LogP contribution in [-0.4, -0.2) is 47.2 Å². The van der Waals surface area contributed by atoms with E-state index in [1.807, 2.05) is 6.92 Å². The van der Waals surface area contributed by atoms with Crippen molar-refractivity contribution >= 4 is 11.9 Å². The second kappa shape index (κ2) is 6.00. The zero-order chi connectivity index (χ0) is 12.8. The Kier molecular flexibility index (Phi) is 4.65. The first-order valence-electron chi connectivity index (χ1n) is 5.10. The summed E-state index contributed by atoms with van der Waals surface area (Å²) in [6, 6.07) is 0. The SMILES string of the molecule is COCC(C)CNC(=O)c1nc[nH]c1C(=O)O. The third-order valence-electron chi connectivity index (χ3n) is 2.13. The lowest BCUT2D eigenvalue weighted by atomic mass is 10.2. The molecule has 0 saturated carbocycles. The van der Waals surface area contributed by atoms with Gasteiger partial charge in [-0.1, -0.05) is 6.92 Å². The van der Waals surface area contributed by atoms with Crippen LogP contribution in [0, 0.1) is 5.92 Å². The number of methoxy groups -OCH3 is 1. The van der Waals surface area contributed by atoms with Crippen LogP contribution in [0.4, 0.5) is 0 Å². The molecule has 1 rings (SSSR count). The highest BCUT2D eigenvalue weighted by atomic mass is 16.5. The normalized spacial score (nSPS) is 12.1. The Morgan fingerprint density at radius 2 is 2.35 bits per heavy atom. The van der Waals surface area contributed by atoms with Gasteiger partial charge in [-0.3, -0.25) is 4.79 Å². The molecule has 7 nitrogen and oxygen atoms in total. The molecule has 0 radical (unpaired) electrons. The molecule has 1 unspecified atom stereocenters. The fourth-order valence-corrected chi connectivity index (χ4v) is 1.32. The lowest BCUT2D eigenvalue weighted by Crippen LogP contribution is -2.31. The second-order valence-electron chi connectivity index (χ2n) is 3.70. The average molecular weight is 241 g/mol. The van der Waals surface area contributed by atoms with E-state index >= 15 is 0 Å². The number of carboxylic acid groups (broad SMARTS) is 1. The predicted octanol–water partition coefficient (Wildman–Crippen LogP) is 0.120. The summed E-state index contributed by atoms with van der Waals surface area (Å²) in [5.74, 6) is -1.57. The number of hydrogen-bond donors (Lipinski definition) is 3. The minimum Gasteiger partial charge on any atom is -0.477 e. The molecule has 1 aromatic heterocycles. The summed E-state index contributed by atoms with van der Waals surface area (Å²) < 4.78 is 4.92. The van der Waals surface area contributed by atoms with Gasteiger partial charge in [-0.25, -0.2) is 9.78 Å². The van der Waals surface area contributed by atoms with Crippen LogP contribution in [0.2, 0.25) is 0 Å². The van der Waals surface area contributed by atoms with Gasteiger partial charge in [0.25, 0.3) is 5.91 Å². The summed E-state index contributed by atoms with van der Waals surface area (Å²) in [5, 5.41) is 11.4. The number of carbonyl (C=O) groups excluding carboxylic acids is 1. The Hall–Kier alpha value is -1.89. The molecule has 0 saturated heterocycles. The Bertz CT molecular complexity index is 402. The summed E-state index contributed by atoms with van der Waals surface area (Å²) >= 11 is 0. The number of aromatic nitrogens is 2. The van der Waals surface area contributed by atoms with Crippen LogP contribution in [0.3, 0.4) is 0 Å². The van der Waals surface area contributed by atoms with E-state index in [1.165, 1.54) is 6.33 Å². The van der Waals surface area contributed by atoms with Gasteiger partial charge in [0, 0.05) is 13.7 Å². The first-order chi connectivity index (χ1) is 8.06. The van der Waals surface area contributed by atoms with Gasteiger partial charge in [-0.05, 0) is 5.92 Å². The molecule has 0 fully saturated rings. The quantitative estimate of drug-likeness (QED) is 0.656. The first-order valence-corrected chi connectivity index (χ1v) is 5.10. The van der Waals surface area contributed by atoms with Crippen LogP contribution in [-0.2, 0) is 4.74 Å². The zero-order valence-electron chi connectivity index (χ0n) is 9.69. The molecule has 3 N–H and O–H groups in total. The largest absolute Gasteiger partial charge is 0.477 e. The van der Waals surface area contributed by atoms with Crippen LogP contribution in [0.25, 0.3) is 0 Å². The van der Waals surface area contributed by atoms with Crippen molar-refractivity contribution in [2.24, 2.45) is 5.92 Å². The summed E-state index contributed by atoms with van der Waals surface area (Å²) in [4.78, 5) is 28.5. The first kappa shape index (κ1) is 13.2. The number of nitrogens with one attached hydrogen (secondary N) is 2. The van der Waals surface area contributed by atoms with Gasteiger partial charge in [-0.15, -0.1) is 0 Å². The van der Waals surface area contributed by atoms with Crippen LogP contribution in [0.5, 0.6) is 0 Å².